The van der Waals surface area contributed by atoms with Gasteiger partial charge in [-0.15, -0.1) is 0 Å². The Morgan fingerprint density at radius 3 is 2.53 bits per heavy atom. The summed E-state index contributed by atoms with van der Waals surface area (Å²) in [4.78, 5) is 9.67. The van der Waals surface area contributed by atoms with Gasteiger partial charge in [0.25, 0.3) is 0 Å². The van der Waals surface area contributed by atoms with Crippen molar-refractivity contribution >= 4 is 55.9 Å². The second-order valence-corrected chi connectivity index (χ2v) is 5.13. The first-order chi connectivity index (χ1) is 7.91. The van der Waals surface area contributed by atoms with E-state index in [0.29, 0.717) is 15.7 Å². The van der Waals surface area contributed by atoms with Gasteiger partial charge in [-0.2, -0.15) is 4.98 Å². The molecule has 0 atom stereocenters. The van der Waals surface area contributed by atoms with Gasteiger partial charge in [0.15, 0.2) is 5.82 Å². The number of nitrogens with zero attached hydrogens (tertiary/aromatic N) is 3. The molecule has 0 bridgehead atoms. The van der Waals surface area contributed by atoms with Gasteiger partial charge in [-0.05, 0) is 33.6 Å². The van der Waals surface area contributed by atoms with Gasteiger partial charge in [0.05, 0.1) is 10.4 Å². The number of aromatic nitrogens is 2. The number of hydrogen-bond donors (Lipinski definition) is 0. The van der Waals surface area contributed by atoms with Crippen LogP contribution in [-0.4, -0.2) is 24.1 Å². The van der Waals surface area contributed by atoms with Crippen molar-refractivity contribution in [2.75, 3.05) is 19.0 Å². The van der Waals surface area contributed by atoms with Crippen LogP contribution >= 0.6 is 39.1 Å². The molecule has 0 saturated heterocycles. The summed E-state index contributed by atoms with van der Waals surface area (Å²) in [6, 6.07) is 1.19. The average molecular weight is 339 g/mol. The van der Waals surface area contributed by atoms with Gasteiger partial charge in [-0.25, -0.2) is 9.37 Å². The number of hydrogen-bond acceptors (Lipinski definition) is 3. The zero-order chi connectivity index (χ0) is 12.7. The second kappa shape index (κ2) is 4.55. The van der Waals surface area contributed by atoms with E-state index in [-0.39, 0.29) is 15.8 Å². The number of benzene rings is 1. The van der Waals surface area contributed by atoms with Crippen LogP contribution in [0.3, 0.4) is 0 Å². The highest BCUT2D eigenvalue weighted by Gasteiger charge is 2.17. The van der Waals surface area contributed by atoms with Gasteiger partial charge < -0.3 is 4.90 Å². The summed E-state index contributed by atoms with van der Waals surface area (Å²) in [5, 5.41) is 0.766. The largest absolute Gasteiger partial charge is 0.362 e. The topological polar surface area (TPSA) is 29.0 Å². The van der Waals surface area contributed by atoms with Crippen molar-refractivity contribution < 1.29 is 4.39 Å². The SMILES string of the molecule is CN(C)c1nc(Cl)nc2c(F)cc(Cl)c(Br)c12. The van der Waals surface area contributed by atoms with E-state index >= 15 is 0 Å². The van der Waals surface area contributed by atoms with E-state index in [4.69, 9.17) is 23.2 Å². The molecule has 0 aliphatic heterocycles. The highest BCUT2D eigenvalue weighted by Crippen LogP contribution is 2.37. The van der Waals surface area contributed by atoms with Crippen molar-refractivity contribution in [1.29, 1.82) is 0 Å². The normalized spacial score (nSPS) is 10.9. The summed E-state index contributed by atoms with van der Waals surface area (Å²) in [5.74, 6) is -0.0196. The van der Waals surface area contributed by atoms with Crippen LogP contribution < -0.4 is 4.90 Å². The van der Waals surface area contributed by atoms with Crippen molar-refractivity contribution in [3.8, 4) is 0 Å². The van der Waals surface area contributed by atoms with Gasteiger partial charge >= 0.3 is 0 Å². The summed E-state index contributed by atoms with van der Waals surface area (Å²) >= 11 is 15.0. The molecule has 0 saturated carbocycles. The molecule has 2 aromatic rings. The standard InChI is InChI=1S/C10H7BrCl2FN3/c1-17(2)9-6-7(11)4(12)3-5(14)8(6)15-10(13)16-9/h3H,1-2H3. The molecule has 0 aliphatic carbocycles. The zero-order valence-electron chi connectivity index (χ0n) is 8.93. The van der Waals surface area contributed by atoms with Crippen molar-refractivity contribution in [3.05, 3.63) is 26.7 Å². The average Bonchev–Trinajstić information content (AvgIpc) is 2.25. The first-order valence-electron chi connectivity index (χ1n) is 4.60. The van der Waals surface area contributed by atoms with E-state index in [9.17, 15) is 4.39 Å². The number of anilines is 1. The predicted octanol–water partition coefficient (Wildman–Crippen LogP) is 3.90. The van der Waals surface area contributed by atoms with Crippen LogP contribution in [0.25, 0.3) is 10.9 Å². The molecule has 0 spiro atoms. The van der Waals surface area contributed by atoms with Crippen molar-refractivity contribution in [1.82, 2.24) is 9.97 Å². The van der Waals surface area contributed by atoms with Crippen molar-refractivity contribution in [2.45, 2.75) is 0 Å². The lowest BCUT2D eigenvalue weighted by molar-refractivity contribution is 0.636. The van der Waals surface area contributed by atoms with E-state index in [0.717, 1.165) is 0 Å². The quantitative estimate of drug-likeness (QED) is 0.583. The Labute approximate surface area is 116 Å². The molecule has 0 N–H and O–H groups in total. The lowest BCUT2D eigenvalue weighted by atomic mass is 10.2. The minimum absolute atomic E-state index is 0.00526. The van der Waals surface area contributed by atoms with E-state index in [1.165, 1.54) is 6.07 Å². The number of rotatable bonds is 1. The van der Waals surface area contributed by atoms with E-state index < -0.39 is 5.82 Å². The minimum atomic E-state index is -0.527. The Morgan fingerprint density at radius 2 is 1.94 bits per heavy atom. The summed E-state index contributed by atoms with van der Waals surface area (Å²) < 4.78 is 14.3. The van der Waals surface area contributed by atoms with Crippen LogP contribution in [0.2, 0.25) is 10.3 Å². The third-order valence-corrected chi connectivity index (χ3v) is 3.71. The maximum atomic E-state index is 13.8. The molecule has 0 aliphatic rings. The molecule has 1 aromatic carbocycles. The van der Waals surface area contributed by atoms with E-state index in [1.54, 1.807) is 19.0 Å². The number of halogens is 4. The van der Waals surface area contributed by atoms with Crippen LogP contribution in [-0.2, 0) is 0 Å². The fraction of sp³-hybridized carbons (Fsp3) is 0.200. The molecule has 90 valence electrons. The lowest BCUT2D eigenvalue weighted by Crippen LogP contribution is -2.12. The molecule has 0 fully saturated rings. The molecule has 0 amide bonds. The Balaban J connectivity index is 2.99. The minimum Gasteiger partial charge on any atom is -0.362 e. The second-order valence-electron chi connectivity index (χ2n) is 3.59. The van der Waals surface area contributed by atoms with Gasteiger partial charge in [0.2, 0.25) is 5.28 Å². The Kier molecular flexibility index (Phi) is 3.43. The number of fused-ring (bicyclic) bond motifs is 1. The predicted molar refractivity (Wildman–Crippen MR) is 71.5 cm³/mol. The Hall–Kier alpha value is -0.650. The maximum Gasteiger partial charge on any atom is 0.225 e. The fourth-order valence-electron chi connectivity index (χ4n) is 1.48. The summed E-state index contributed by atoms with van der Waals surface area (Å²) in [6.45, 7) is 0. The molecule has 0 unspecified atom stereocenters. The molecule has 3 nitrogen and oxygen atoms in total. The third-order valence-electron chi connectivity index (χ3n) is 2.20. The molecule has 7 heteroatoms. The summed E-state index contributed by atoms with van der Waals surface area (Å²) in [5.41, 5.74) is 0.143. The highest BCUT2D eigenvalue weighted by atomic mass is 79.9. The molecule has 2 rings (SSSR count). The molecule has 1 aromatic heterocycles. The van der Waals surface area contributed by atoms with Crippen LogP contribution in [0.4, 0.5) is 10.2 Å². The van der Waals surface area contributed by atoms with Gasteiger partial charge in [-0.1, -0.05) is 11.6 Å². The molecule has 0 radical (unpaired) electrons. The monoisotopic (exact) mass is 337 g/mol. The Bertz CT molecular complexity index is 604. The summed E-state index contributed by atoms with van der Waals surface area (Å²) in [6.07, 6.45) is 0. The van der Waals surface area contributed by atoms with Gasteiger partial charge in [-0.3, -0.25) is 0 Å². The van der Waals surface area contributed by atoms with E-state index in [1.807, 2.05) is 0 Å². The van der Waals surface area contributed by atoms with Crippen LogP contribution in [0, 0.1) is 5.82 Å². The van der Waals surface area contributed by atoms with Gasteiger partial charge in [0.1, 0.15) is 11.3 Å². The molecular formula is C10H7BrCl2FN3. The maximum absolute atomic E-state index is 13.8. The summed E-state index contributed by atoms with van der Waals surface area (Å²) in [7, 11) is 3.56. The van der Waals surface area contributed by atoms with Crippen LogP contribution in [0.15, 0.2) is 10.5 Å². The van der Waals surface area contributed by atoms with Crippen molar-refractivity contribution in [2.24, 2.45) is 0 Å². The highest BCUT2D eigenvalue weighted by molar-refractivity contribution is 9.10. The molecule has 17 heavy (non-hydrogen) atoms. The smallest absolute Gasteiger partial charge is 0.225 e. The van der Waals surface area contributed by atoms with Crippen LogP contribution in [0.5, 0.6) is 0 Å². The van der Waals surface area contributed by atoms with Gasteiger partial charge in [0, 0.05) is 18.6 Å². The molecule has 1 heterocycles. The van der Waals surface area contributed by atoms with E-state index in [2.05, 4.69) is 25.9 Å². The first kappa shape index (κ1) is 12.8. The molecular weight excluding hydrogens is 332 g/mol. The van der Waals surface area contributed by atoms with Crippen LogP contribution in [0.1, 0.15) is 0 Å². The lowest BCUT2D eigenvalue weighted by Gasteiger charge is -2.15. The van der Waals surface area contributed by atoms with Crippen molar-refractivity contribution in [3.63, 3.8) is 0 Å². The third kappa shape index (κ3) is 2.19. The Morgan fingerprint density at radius 1 is 1.29 bits per heavy atom. The zero-order valence-corrected chi connectivity index (χ0v) is 12.0. The fourth-order valence-corrected chi connectivity index (χ4v) is 2.32. The first-order valence-corrected chi connectivity index (χ1v) is 6.14.